The molecular formula is C28H40N2O10. The molecule has 40 heavy (non-hydrogen) atoms. The molecule has 1 heterocycles. The summed E-state index contributed by atoms with van der Waals surface area (Å²) in [4.78, 5) is 12.0. The van der Waals surface area contributed by atoms with Gasteiger partial charge in [0.15, 0.2) is 0 Å². The first-order valence-electron chi connectivity index (χ1n) is 13.1. The third-order valence-electron chi connectivity index (χ3n) is 7.22. The summed E-state index contributed by atoms with van der Waals surface area (Å²) in [6.07, 6.45) is -3.29. The zero-order chi connectivity index (χ0) is 29.4. The van der Waals surface area contributed by atoms with Crippen LogP contribution in [0.25, 0.3) is 0 Å². The Morgan fingerprint density at radius 1 is 1.02 bits per heavy atom. The van der Waals surface area contributed by atoms with Gasteiger partial charge in [0.2, 0.25) is 0 Å². The van der Waals surface area contributed by atoms with Crippen molar-refractivity contribution in [3.8, 4) is 11.5 Å². The van der Waals surface area contributed by atoms with Crippen molar-refractivity contribution >= 4 is 6.03 Å². The van der Waals surface area contributed by atoms with Crippen molar-refractivity contribution in [1.29, 1.82) is 0 Å². The van der Waals surface area contributed by atoms with E-state index in [1.807, 2.05) is 32.0 Å². The van der Waals surface area contributed by atoms with E-state index in [-0.39, 0.29) is 25.3 Å². The van der Waals surface area contributed by atoms with Gasteiger partial charge in [0.1, 0.15) is 35.9 Å². The summed E-state index contributed by atoms with van der Waals surface area (Å²) >= 11 is 0. The fraction of sp³-hybridized carbons (Fsp3) is 0.536. The Labute approximate surface area is 232 Å². The highest BCUT2D eigenvalue weighted by molar-refractivity contribution is 5.74. The molecule has 1 aliphatic heterocycles. The molecule has 0 unspecified atom stereocenters. The molecule has 1 fully saturated rings. The second kappa shape index (κ2) is 14.1. The van der Waals surface area contributed by atoms with E-state index in [2.05, 4.69) is 10.6 Å². The Bertz CT molecular complexity index is 1130. The van der Waals surface area contributed by atoms with Crippen LogP contribution in [-0.4, -0.2) is 105 Å². The number of carbonyl (C=O) groups is 1. The van der Waals surface area contributed by atoms with Crippen molar-refractivity contribution in [2.45, 2.75) is 56.6 Å². The number of rotatable bonds is 12. The van der Waals surface area contributed by atoms with E-state index in [9.17, 15) is 40.5 Å². The normalized spacial score (nSPS) is 21.2. The molecule has 0 spiro atoms. The summed E-state index contributed by atoms with van der Waals surface area (Å²) in [5.74, 6) is 0.615. The Kier molecular flexibility index (Phi) is 11.1. The summed E-state index contributed by atoms with van der Waals surface area (Å²) in [6, 6.07) is 8.41. The van der Waals surface area contributed by atoms with Crippen LogP contribution in [0.5, 0.6) is 11.5 Å². The number of hydrogen-bond donors (Lipinski definition) is 9. The number of carbonyl (C=O) groups excluding carboxylic acids is 1. The van der Waals surface area contributed by atoms with Crippen molar-refractivity contribution in [1.82, 2.24) is 10.6 Å². The van der Waals surface area contributed by atoms with Gasteiger partial charge < -0.3 is 55.9 Å². The van der Waals surface area contributed by atoms with Gasteiger partial charge in [-0.3, -0.25) is 0 Å². The first kappa shape index (κ1) is 31.6. The number of aliphatic hydroxyl groups excluding tert-OH is 6. The van der Waals surface area contributed by atoms with Crippen molar-refractivity contribution in [2.75, 3.05) is 39.6 Å². The molecule has 0 bridgehead atoms. The van der Waals surface area contributed by atoms with Crippen molar-refractivity contribution in [3.05, 3.63) is 58.1 Å². The van der Waals surface area contributed by atoms with Gasteiger partial charge in [-0.05, 0) is 66.8 Å². The highest BCUT2D eigenvalue weighted by Crippen LogP contribution is 2.38. The fourth-order valence-corrected chi connectivity index (χ4v) is 4.56. The van der Waals surface area contributed by atoms with Crippen LogP contribution in [0.4, 0.5) is 4.79 Å². The largest absolute Gasteiger partial charge is 0.508 e. The summed E-state index contributed by atoms with van der Waals surface area (Å²) in [7, 11) is 0. The number of benzene rings is 2. The number of urea groups is 1. The molecule has 12 heteroatoms. The lowest BCUT2D eigenvalue weighted by Gasteiger charge is -2.37. The van der Waals surface area contributed by atoms with Gasteiger partial charge in [-0.1, -0.05) is 6.07 Å². The zero-order valence-corrected chi connectivity index (χ0v) is 22.7. The van der Waals surface area contributed by atoms with Gasteiger partial charge in [-0.2, -0.15) is 0 Å². The number of ether oxygens (including phenoxy) is 2. The van der Waals surface area contributed by atoms with E-state index >= 15 is 0 Å². The molecule has 12 nitrogen and oxygen atoms in total. The standard InChI is InChI=1S/C28H40N2O10/c1-16-7-20(39-6-5-29-27(38)30-28(13-32,14-33)15-34)4-3-18(16)9-19-10-21(22(35)8-17(19)2)24-11-23(36)26(37)25(12-31)40-24/h3-4,7-8,10,23-26,31-37H,5-6,9,11-15H2,1-2H3,(H2,29,30,38)/t23-,24-,25-,26+/m1/s1. The third kappa shape index (κ3) is 7.61. The number of aryl methyl sites for hydroxylation is 2. The lowest BCUT2D eigenvalue weighted by Crippen LogP contribution is -2.59. The first-order chi connectivity index (χ1) is 19.1. The summed E-state index contributed by atoms with van der Waals surface area (Å²) in [6.45, 7) is 1.82. The van der Waals surface area contributed by atoms with Crippen LogP contribution in [0, 0.1) is 13.8 Å². The smallest absolute Gasteiger partial charge is 0.315 e. The van der Waals surface area contributed by atoms with Crippen molar-refractivity contribution in [3.63, 3.8) is 0 Å². The SMILES string of the molecule is Cc1cc(OCCNC(=O)NC(CO)(CO)CO)ccc1Cc1cc([C@H]2C[C@@H](O)[C@H](O)[C@@H](CO)O2)c(O)cc1C. The predicted molar refractivity (Wildman–Crippen MR) is 144 cm³/mol. The number of phenols is 1. The lowest BCUT2D eigenvalue weighted by atomic mass is 9.90. The number of phenolic OH excluding ortho intramolecular Hbond substituents is 1. The topological polar surface area (TPSA) is 201 Å². The second-order valence-corrected chi connectivity index (χ2v) is 10.2. The van der Waals surface area contributed by atoms with E-state index in [0.717, 1.165) is 22.3 Å². The predicted octanol–water partition coefficient (Wildman–Crippen LogP) is -0.462. The Morgan fingerprint density at radius 3 is 2.33 bits per heavy atom. The molecule has 1 aliphatic rings. The van der Waals surface area contributed by atoms with E-state index in [4.69, 9.17) is 9.47 Å². The Morgan fingerprint density at radius 2 is 1.70 bits per heavy atom. The van der Waals surface area contributed by atoms with E-state index in [1.54, 1.807) is 12.1 Å². The van der Waals surface area contributed by atoms with E-state index in [1.165, 1.54) is 0 Å². The third-order valence-corrected chi connectivity index (χ3v) is 7.22. The second-order valence-electron chi connectivity index (χ2n) is 10.2. The maximum atomic E-state index is 12.0. The highest BCUT2D eigenvalue weighted by atomic mass is 16.5. The molecule has 2 amide bonds. The van der Waals surface area contributed by atoms with Gasteiger partial charge in [0.25, 0.3) is 0 Å². The van der Waals surface area contributed by atoms with E-state index < -0.39 is 62.4 Å². The van der Waals surface area contributed by atoms with Gasteiger partial charge in [0.05, 0.1) is 45.2 Å². The monoisotopic (exact) mass is 564 g/mol. The van der Waals surface area contributed by atoms with Gasteiger partial charge in [-0.15, -0.1) is 0 Å². The van der Waals surface area contributed by atoms with Crippen LogP contribution in [0.2, 0.25) is 0 Å². The molecule has 0 aromatic heterocycles. The molecule has 2 aromatic rings. The van der Waals surface area contributed by atoms with Crippen molar-refractivity contribution in [2.24, 2.45) is 0 Å². The van der Waals surface area contributed by atoms with Crippen LogP contribution in [0.3, 0.4) is 0 Å². The van der Waals surface area contributed by atoms with Crippen LogP contribution < -0.4 is 15.4 Å². The Hall–Kier alpha value is -2.97. The Balaban J connectivity index is 1.61. The summed E-state index contributed by atoms with van der Waals surface area (Å²) in [5, 5.41) is 73.1. The maximum absolute atomic E-state index is 12.0. The van der Waals surface area contributed by atoms with Crippen LogP contribution in [-0.2, 0) is 11.2 Å². The minimum absolute atomic E-state index is 0.0177. The van der Waals surface area contributed by atoms with Gasteiger partial charge in [0, 0.05) is 12.0 Å². The number of hydrogen-bond acceptors (Lipinski definition) is 10. The molecule has 9 N–H and O–H groups in total. The average Bonchev–Trinajstić information content (AvgIpc) is 2.94. The molecule has 1 saturated heterocycles. The first-order valence-corrected chi connectivity index (χ1v) is 13.1. The van der Waals surface area contributed by atoms with Crippen LogP contribution in [0.1, 0.15) is 40.3 Å². The summed E-state index contributed by atoms with van der Waals surface area (Å²) in [5.41, 5.74) is 2.76. The molecule has 3 rings (SSSR count). The quantitative estimate of drug-likeness (QED) is 0.152. The van der Waals surface area contributed by atoms with Crippen molar-refractivity contribution < 1.29 is 50.0 Å². The average molecular weight is 565 g/mol. The maximum Gasteiger partial charge on any atom is 0.315 e. The zero-order valence-electron chi connectivity index (χ0n) is 22.7. The van der Waals surface area contributed by atoms with Crippen LogP contribution >= 0.6 is 0 Å². The molecule has 0 radical (unpaired) electrons. The minimum Gasteiger partial charge on any atom is -0.508 e. The summed E-state index contributed by atoms with van der Waals surface area (Å²) < 4.78 is 11.5. The lowest BCUT2D eigenvalue weighted by molar-refractivity contribution is -0.181. The fourth-order valence-electron chi connectivity index (χ4n) is 4.56. The number of amides is 2. The highest BCUT2D eigenvalue weighted by Gasteiger charge is 2.38. The van der Waals surface area contributed by atoms with Gasteiger partial charge in [-0.25, -0.2) is 4.79 Å². The molecule has 222 valence electrons. The van der Waals surface area contributed by atoms with E-state index in [0.29, 0.717) is 17.7 Å². The minimum atomic E-state index is -1.51. The number of aliphatic hydroxyl groups is 6. The number of aromatic hydroxyl groups is 1. The molecular weight excluding hydrogens is 524 g/mol. The van der Waals surface area contributed by atoms with Crippen LogP contribution in [0.15, 0.2) is 30.3 Å². The molecule has 2 aromatic carbocycles. The molecule has 4 atom stereocenters. The number of nitrogens with one attached hydrogen (secondary N) is 2. The molecule has 0 aliphatic carbocycles. The van der Waals surface area contributed by atoms with Gasteiger partial charge >= 0.3 is 6.03 Å². The molecule has 0 saturated carbocycles.